The fourth-order valence-corrected chi connectivity index (χ4v) is 4.22. The van der Waals surface area contributed by atoms with Gasteiger partial charge in [-0.05, 0) is 50.7 Å². The lowest BCUT2D eigenvalue weighted by atomic mass is 9.65. The molecule has 0 radical (unpaired) electrons. The van der Waals surface area contributed by atoms with Gasteiger partial charge in [0, 0.05) is 18.7 Å². The fraction of sp³-hybridized carbons (Fsp3) is 0.632. The van der Waals surface area contributed by atoms with E-state index in [1.54, 1.807) is 6.07 Å². The Morgan fingerprint density at radius 2 is 2.00 bits per heavy atom. The number of nitrogens with zero attached hydrogens (tertiary/aromatic N) is 3. The quantitative estimate of drug-likeness (QED) is 0.580. The van der Waals surface area contributed by atoms with Crippen LogP contribution in [0.15, 0.2) is 18.2 Å². The van der Waals surface area contributed by atoms with Crippen molar-refractivity contribution in [1.82, 2.24) is 0 Å². The number of hydrogen-bond acceptors (Lipinski definition) is 4. The largest absolute Gasteiger partial charge is 0.363 e. The normalized spacial score (nSPS) is 20.0. The minimum atomic E-state index is -0.509. The first-order valence-electron chi connectivity index (χ1n) is 9.08. The van der Waals surface area contributed by atoms with Gasteiger partial charge in [-0.1, -0.05) is 25.3 Å². The van der Waals surface area contributed by atoms with Crippen LogP contribution >= 0.6 is 0 Å². The van der Waals surface area contributed by atoms with E-state index in [9.17, 15) is 15.4 Å². The van der Waals surface area contributed by atoms with E-state index < -0.39 is 5.41 Å². The third-order valence-corrected chi connectivity index (χ3v) is 5.81. The molecule has 0 aromatic heterocycles. The lowest BCUT2D eigenvalue weighted by Gasteiger charge is -2.37. The van der Waals surface area contributed by atoms with Crippen molar-refractivity contribution < 1.29 is 4.92 Å². The second kappa shape index (κ2) is 6.80. The SMILES string of the molecule is CCN(c1ccc(C2(C#N)CCC2)cc1[N+](=O)[O-])C1CCCCC1. The highest BCUT2D eigenvalue weighted by atomic mass is 16.6. The number of anilines is 1. The highest BCUT2D eigenvalue weighted by Gasteiger charge is 2.40. The fourth-order valence-electron chi connectivity index (χ4n) is 4.22. The van der Waals surface area contributed by atoms with Crippen LogP contribution in [0.2, 0.25) is 0 Å². The molecule has 24 heavy (non-hydrogen) atoms. The minimum absolute atomic E-state index is 0.154. The van der Waals surface area contributed by atoms with Crippen molar-refractivity contribution in [3.05, 3.63) is 33.9 Å². The van der Waals surface area contributed by atoms with Crippen LogP contribution < -0.4 is 4.90 Å². The number of nitro groups is 1. The zero-order valence-corrected chi connectivity index (χ0v) is 14.3. The van der Waals surface area contributed by atoms with E-state index in [0.29, 0.717) is 11.7 Å². The zero-order valence-electron chi connectivity index (χ0n) is 14.3. The van der Waals surface area contributed by atoms with Gasteiger partial charge in [0.1, 0.15) is 5.69 Å². The summed E-state index contributed by atoms with van der Waals surface area (Å²) in [7, 11) is 0. The molecule has 1 aromatic rings. The van der Waals surface area contributed by atoms with Crippen LogP contribution in [-0.2, 0) is 5.41 Å². The Morgan fingerprint density at radius 1 is 1.29 bits per heavy atom. The molecule has 0 unspecified atom stereocenters. The molecule has 2 fully saturated rings. The third kappa shape index (κ3) is 2.86. The molecule has 0 spiro atoms. The average Bonchev–Trinajstić information content (AvgIpc) is 2.57. The van der Waals surface area contributed by atoms with Crippen LogP contribution in [0.1, 0.15) is 63.9 Å². The molecule has 5 heteroatoms. The van der Waals surface area contributed by atoms with Crippen molar-refractivity contribution >= 4 is 11.4 Å². The second-order valence-corrected chi connectivity index (χ2v) is 7.09. The summed E-state index contributed by atoms with van der Waals surface area (Å²) in [5.74, 6) is 0. The van der Waals surface area contributed by atoms with Gasteiger partial charge in [-0.25, -0.2) is 0 Å². The van der Waals surface area contributed by atoms with E-state index >= 15 is 0 Å². The summed E-state index contributed by atoms with van der Waals surface area (Å²) in [6.45, 7) is 2.84. The van der Waals surface area contributed by atoms with Crippen molar-refractivity contribution in [2.75, 3.05) is 11.4 Å². The third-order valence-electron chi connectivity index (χ3n) is 5.81. The molecule has 0 aliphatic heterocycles. The van der Waals surface area contributed by atoms with Crippen molar-refractivity contribution in [2.24, 2.45) is 0 Å². The lowest BCUT2D eigenvalue weighted by molar-refractivity contribution is -0.384. The maximum Gasteiger partial charge on any atom is 0.292 e. The Hall–Kier alpha value is -2.09. The van der Waals surface area contributed by atoms with Crippen LogP contribution in [0.25, 0.3) is 0 Å². The van der Waals surface area contributed by atoms with E-state index in [1.165, 1.54) is 19.3 Å². The van der Waals surface area contributed by atoms with Crippen LogP contribution in [-0.4, -0.2) is 17.5 Å². The molecule has 0 heterocycles. The van der Waals surface area contributed by atoms with Gasteiger partial charge in [0.25, 0.3) is 5.69 Å². The van der Waals surface area contributed by atoms with E-state index in [2.05, 4.69) is 17.9 Å². The number of nitriles is 1. The summed E-state index contributed by atoms with van der Waals surface area (Å²) in [5, 5.41) is 21.2. The predicted octanol–water partition coefficient (Wildman–Crippen LogP) is 4.70. The van der Waals surface area contributed by atoms with E-state index in [1.807, 2.05) is 12.1 Å². The van der Waals surface area contributed by atoms with Gasteiger partial charge < -0.3 is 4.90 Å². The summed E-state index contributed by atoms with van der Waals surface area (Å²) in [6.07, 6.45) is 8.51. The molecule has 128 valence electrons. The van der Waals surface area contributed by atoms with Crippen molar-refractivity contribution in [3.63, 3.8) is 0 Å². The van der Waals surface area contributed by atoms with Crippen LogP contribution in [0, 0.1) is 21.4 Å². The molecule has 0 bridgehead atoms. The molecule has 0 amide bonds. The van der Waals surface area contributed by atoms with E-state index in [-0.39, 0.29) is 10.6 Å². The van der Waals surface area contributed by atoms with Crippen molar-refractivity contribution in [3.8, 4) is 6.07 Å². The Balaban J connectivity index is 1.98. The topological polar surface area (TPSA) is 70.2 Å². The number of rotatable bonds is 5. The van der Waals surface area contributed by atoms with E-state index in [4.69, 9.17) is 0 Å². The van der Waals surface area contributed by atoms with Gasteiger partial charge in [-0.3, -0.25) is 10.1 Å². The summed E-state index contributed by atoms with van der Waals surface area (Å²) in [4.78, 5) is 13.6. The van der Waals surface area contributed by atoms with Gasteiger partial charge >= 0.3 is 0 Å². The molecular weight excluding hydrogens is 302 g/mol. The van der Waals surface area contributed by atoms with Crippen LogP contribution in [0.3, 0.4) is 0 Å². The smallest absolute Gasteiger partial charge is 0.292 e. The Bertz CT molecular complexity index is 655. The standard InChI is InChI=1S/C19H25N3O2/c1-2-21(16-7-4-3-5-8-16)17-10-9-15(13-18(17)22(23)24)19(14-20)11-6-12-19/h9-10,13,16H,2-8,11-12H2,1H3. The molecular formula is C19H25N3O2. The molecule has 2 saturated carbocycles. The monoisotopic (exact) mass is 327 g/mol. The number of nitro benzene ring substituents is 1. The first-order valence-corrected chi connectivity index (χ1v) is 9.08. The summed E-state index contributed by atoms with van der Waals surface area (Å²) in [5.41, 5.74) is 1.17. The van der Waals surface area contributed by atoms with Crippen molar-refractivity contribution in [1.29, 1.82) is 5.26 Å². The maximum absolute atomic E-state index is 11.7. The number of hydrogen-bond donors (Lipinski definition) is 0. The highest BCUT2D eigenvalue weighted by molar-refractivity contribution is 5.66. The number of benzene rings is 1. The van der Waals surface area contributed by atoms with Gasteiger partial charge in [-0.15, -0.1) is 0 Å². The Labute approximate surface area is 143 Å². The predicted molar refractivity (Wildman–Crippen MR) is 94.1 cm³/mol. The molecule has 5 nitrogen and oxygen atoms in total. The minimum Gasteiger partial charge on any atom is -0.363 e. The van der Waals surface area contributed by atoms with Gasteiger partial charge in [0.05, 0.1) is 16.4 Å². The molecule has 2 aliphatic carbocycles. The summed E-state index contributed by atoms with van der Waals surface area (Å²) in [6, 6.07) is 8.25. The second-order valence-electron chi connectivity index (χ2n) is 7.09. The summed E-state index contributed by atoms with van der Waals surface area (Å²) < 4.78 is 0. The molecule has 1 aromatic carbocycles. The first-order chi connectivity index (χ1) is 11.6. The van der Waals surface area contributed by atoms with Crippen molar-refractivity contribution in [2.45, 2.75) is 69.7 Å². The van der Waals surface area contributed by atoms with Gasteiger partial charge in [-0.2, -0.15) is 5.26 Å². The molecule has 0 N–H and O–H groups in total. The zero-order chi connectivity index (χ0) is 17.2. The summed E-state index contributed by atoms with van der Waals surface area (Å²) >= 11 is 0. The van der Waals surface area contributed by atoms with E-state index in [0.717, 1.165) is 44.2 Å². The highest BCUT2D eigenvalue weighted by Crippen LogP contribution is 2.45. The molecule has 3 rings (SSSR count). The average molecular weight is 327 g/mol. The van der Waals surface area contributed by atoms with Gasteiger partial charge in [0.2, 0.25) is 0 Å². The van der Waals surface area contributed by atoms with Gasteiger partial charge in [0.15, 0.2) is 0 Å². The Morgan fingerprint density at radius 3 is 2.50 bits per heavy atom. The molecule has 0 saturated heterocycles. The van der Waals surface area contributed by atoms with Crippen LogP contribution in [0.5, 0.6) is 0 Å². The van der Waals surface area contributed by atoms with Crippen LogP contribution in [0.4, 0.5) is 11.4 Å². The lowest BCUT2D eigenvalue weighted by Crippen LogP contribution is -2.37. The Kier molecular flexibility index (Phi) is 4.75. The maximum atomic E-state index is 11.7. The first kappa shape index (κ1) is 16.8. The molecule has 2 aliphatic rings. The molecule has 0 atom stereocenters.